The Bertz CT molecular complexity index is 466. The standard InChI is InChI=1S/C10H10F3N3O2/c1-17-9(18-2)7-4-3-6(15-16-14)5-8(7)10(11,12)13/h3-5,9H,1-2H3. The average Bonchev–Trinajstić information content (AvgIpc) is 2.31. The molecule has 0 spiro atoms. The Morgan fingerprint density at radius 1 is 1.28 bits per heavy atom. The molecular weight excluding hydrogens is 251 g/mol. The summed E-state index contributed by atoms with van der Waals surface area (Å²) in [5.41, 5.74) is 6.95. The van der Waals surface area contributed by atoms with Crippen LogP contribution in [0.25, 0.3) is 10.4 Å². The van der Waals surface area contributed by atoms with Gasteiger partial charge in [0.1, 0.15) is 0 Å². The highest BCUT2D eigenvalue weighted by Gasteiger charge is 2.35. The summed E-state index contributed by atoms with van der Waals surface area (Å²) >= 11 is 0. The lowest BCUT2D eigenvalue weighted by Gasteiger charge is -2.19. The Labute approximate surface area is 101 Å². The van der Waals surface area contributed by atoms with E-state index in [4.69, 9.17) is 15.0 Å². The Balaban J connectivity index is 3.38. The Morgan fingerprint density at radius 3 is 2.33 bits per heavy atom. The van der Waals surface area contributed by atoms with E-state index in [9.17, 15) is 13.2 Å². The zero-order chi connectivity index (χ0) is 13.8. The minimum absolute atomic E-state index is 0.125. The molecule has 0 amide bonds. The van der Waals surface area contributed by atoms with Crippen molar-refractivity contribution in [2.75, 3.05) is 14.2 Å². The average molecular weight is 261 g/mol. The number of hydrogen-bond acceptors (Lipinski definition) is 3. The molecule has 5 nitrogen and oxygen atoms in total. The van der Waals surface area contributed by atoms with Crippen LogP contribution < -0.4 is 0 Å². The molecule has 1 aromatic carbocycles. The van der Waals surface area contributed by atoms with Crippen LogP contribution in [0, 0.1) is 0 Å². The monoisotopic (exact) mass is 261 g/mol. The fourth-order valence-corrected chi connectivity index (χ4v) is 1.46. The molecule has 1 rings (SSSR count). The van der Waals surface area contributed by atoms with Gasteiger partial charge in [0, 0.05) is 30.4 Å². The predicted octanol–water partition coefficient (Wildman–Crippen LogP) is 3.94. The summed E-state index contributed by atoms with van der Waals surface area (Å²) in [5.74, 6) is 0. The van der Waals surface area contributed by atoms with Crippen LogP contribution in [0.3, 0.4) is 0 Å². The number of nitrogens with zero attached hydrogens (tertiary/aromatic N) is 3. The normalized spacial score (nSPS) is 11.4. The van der Waals surface area contributed by atoms with Gasteiger partial charge < -0.3 is 9.47 Å². The van der Waals surface area contributed by atoms with E-state index in [0.717, 1.165) is 12.1 Å². The van der Waals surface area contributed by atoms with Crippen molar-refractivity contribution in [3.63, 3.8) is 0 Å². The number of rotatable bonds is 4. The fraction of sp³-hybridized carbons (Fsp3) is 0.400. The van der Waals surface area contributed by atoms with Gasteiger partial charge in [0.05, 0.1) is 5.56 Å². The molecule has 0 saturated heterocycles. The smallest absolute Gasteiger partial charge is 0.352 e. The van der Waals surface area contributed by atoms with E-state index in [1.54, 1.807) is 0 Å². The molecule has 0 saturated carbocycles. The summed E-state index contributed by atoms with van der Waals surface area (Å²) in [6, 6.07) is 3.17. The first-order chi connectivity index (χ1) is 8.43. The van der Waals surface area contributed by atoms with E-state index in [-0.39, 0.29) is 11.3 Å². The molecule has 0 aliphatic carbocycles. The zero-order valence-electron chi connectivity index (χ0n) is 9.60. The molecule has 0 unspecified atom stereocenters. The van der Waals surface area contributed by atoms with Gasteiger partial charge in [-0.2, -0.15) is 13.2 Å². The topological polar surface area (TPSA) is 67.2 Å². The lowest BCUT2D eigenvalue weighted by Crippen LogP contribution is -2.14. The van der Waals surface area contributed by atoms with E-state index in [1.165, 1.54) is 20.3 Å². The first-order valence-electron chi connectivity index (χ1n) is 4.76. The number of benzene rings is 1. The van der Waals surface area contributed by atoms with Gasteiger partial charge in [-0.3, -0.25) is 0 Å². The number of halogens is 3. The molecule has 0 aromatic heterocycles. The maximum absolute atomic E-state index is 12.9. The van der Waals surface area contributed by atoms with Crippen LogP contribution in [-0.2, 0) is 15.7 Å². The van der Waals surface area contributed by atoms with E-state index in [2.05, 4.69) is 10.0 Å². The van der Waals surface area contributed by atoms with E-state index in [1.807, 2.05) is 0 Å². The number of hydrogen-bond donors (Lipinski definition) is 0. The Kier molecular flexibility index (Phi) is 4.55. The predicted molar refractivity (Wildman–Crippen MR) is 57.0 cm³/mol. The molecule has 0 N–H and O–H groups in total. The molecule has 0 radical (unpaired) electrons. The molecule has 98 valence electrons. The third-order valence-electron chi connectivity index (χ3n) is 2.18. The number of azide groups is 1. The lowest BCUT2D eigenvalue weighted by atomic mass is 10.1. The van der Waals surface area contributed by atoms with Crippen LogP contribution in [-0.4, -0.2) is 14.2 Å². The van der Waals surface area contributed by atoms with Crippen LogP contribution in [0.5, 0.6) is 0 Å². The van der Waals surface area contributed by atoms with Gasteiger partial charge in [-0.15, -0.1) is 0 Å². The highest BCUT2D eigenvalue weighted by molar-refractivity contribution is 5.45. The first kappa shape index (κ1) is 14.3. The van der Waals surface area contributed by atoms with Crippen molar-refractivity contribution in [1.29, 1.82) is 0 Å². The molecule has 0 aliphatic heterocycles. The van der Waals surface area contributed by atoms with Crippen molar-refractivity contribution in [3.05, 3.63) is 39.8 Å². The van der Waals surface area contributed by atoms with Crippen molar-refractivity contribution in [2.45, 2.75) is 12.5 Å². The maximum atomic E-state index is 12.9. The van der Waals surface area contributed by atoms with E-state index in [0.29, 0.717) is 0 Å². The molecule has 1 aromatic rings. The molecule has 0 fully saturated rings. The van der Waals surface area contributed by atoms with Gasteiger partial charge >= 0.3 is 6.18 Å². The van der Waals surface area contributed by atoms with Gasteiger partial charge in [0.15, 0.2) is 6.29 Å². The summed E-state index contributed by atoms with van der Waals surface area (Å²) in [4.78, 5) is 2.44. The van der Waals surface area contributed by atoms with Crippen molar-refractivity contribution < 1.29 is 22.6 Å². The summed E-state index contributed by atoms with van der Waals surface area (Å²) < 4.78 is 48.2. The summed E-state index contributed by atoms with van der Waals surface area (Å²) in [6.07, 6.45) is -5.73. The van der Waals surface area contributed by atoms with Gasteiger partial charge in [-0.05, 0) is 11.6 Å². The maximum Gasteiger partial charge on any atom is 0.416 e. The van der Waals surface area contributed by atoms with Gasteiger partial charge in [-0.25, -0.2) is 0 Å². The van der Waals surface area contributed by atoms with E-state index >= 15 is 0 Å². The number of methoxy groups -OCH3 is 2. The Hall–Kier alpha value is -1.76. The highest BCUT2D eigenvalue weighted by Crippen LogP contribution is 2.37. The minimum atomic E-state index is -4.59. The molecule has 0 atom stereocenters. The molecule has 8 heteroatoms. The third kappa shape index (κ3) is 3.13. The number of alkyl halides is 3. The molecule has 0 aliphatic rings. The first-order valence-corrected chi connectivity index (χ1v) is 4.76. The van der Waals surface area contributed by atoms with Crippen LogP contribution in [0.4, 0.5) is 18.9 Å². The van der Waals surface area contributed by atoms with Crippen LogP contribution in [0.15, 0.2) is 23.3 Å². The SMILES string of the molecule is COC(OC)c1ccc(N=[N+]=[N-])cc1C(F)(F)F. The number of ether oxygens (including phenoxy) is 2. The molecular formula is C10H10F3N3O2. The summed E-state index contributed by atoms with van der Waals surface area (Å²) in [5, 5.41) is 3.13. The zero-order valence-corrected chi connectivity index (χ0v) is 9.60. The largest absolute Gasteiger partial charge is 0.416 e. The van der Waals surface area contributed by atoms with Crippen LogP contribution in [0.1, 0.15) is 17.4 Å². The molecule has 0 heterocycles. The second-order valence-corrected chi connectivity index (χ2v) is 3.26. The quantitative estimate of drug-likeness (QED) is 0.356. The highest BCUT2D eigenvalue weighted by atomic mass is 19.4. The van der Waals surface area contributed by atoms with Crippen molar-refractivity contribution in [3.8, 4) is 0 Å². The minimum Gasteiger partial charge on any atom is -0.352 e. The van der Waals surface area contributed by atoms with Gasteiger partial charge in [-0.1, -0.05) is 17.2 Å². The van der Waals surface area contributed by atoms with Crippen molar-refractivity contribution in [2.24, 2.45) is 5.11 Å². The third-order valence-corrected chi connectivity index (χ3v) is 2.18. The fourth-order valence-electron chi connectivity index (χ4n) is 1.46. The second kappa shape index (κ2) is 5.72. The van der Waals surface area contributed by atoms with Crippen LogP contribution >= 0.6 is 0 Å². The molecule has 18 heavy (non-hydrogen) atoms. The lowest BCUT2D eigenvalue weighted by molar-refractivity contribution is -0.147. The Morgan fingerprint density at radius 2 is 1.89 bits per heavy atom. The summed E-state index contributed by atoms with van der Waals surface area (Å²) in [7, 11) is 2.46. The van der Waals surface area contributed by atoms with E-state index < -0.39 is 18.0 Å². The van der Waals surface area contributed by atoms with Crippen LogP contribution in [0.2, 0.25) is 0 Å². The van der Waals surface area contributed by atoms with Crippen molar-refractivity contribution in [1.82, 2.24) is 0 Å². The molecule has 0 bridgehead atoms. The summed E-state index contributed by atoms with van der Waals surface area (Å²) in [6.45, 7) is 0. The van der Waals surface area contributed by atoms with Gasteiger partial charge in [0.2, 0.25) is 0 Å². The van der Waals surface area contributed by atoms with Crippen molar-refractivity contribution >= 4 is 5.69 Å². The van der Waals surface area contributed by atoms with Gasteiger partial charge in [0.25, 0.3) is 0 Å². The second-order valence-electron chi connectivity index (χ2n) is 3.26.